The summed E-state index contributed by atoms with van der Waals surface area (Å²) in [5.74, 6) is 0.387. The topological polar surface area (TPSA) is 22.1 Å². The Morgan fingerprint density at radius 1 is 1.56 bits per heavy atom. The van der Waals surface area contributed by atoms with Crippen molar-refractivity contribution in [3.8, 4) is 0 Å². The molecule has 2 rings (SSSR count). The molecule has 86 valence electrons. The molecular formula is C13H16ClNO. The van der Waals surface area contributed by atoms with E-state index in [0.29, 0.717) is 12.5 Å². The number of hydrogen-bond donors (Lipinski definition) is 0. The molecule has 0 spiro atoms. The van der Waals surface area contributed by atoms with Gasteiger partial charge in [-0.3, -0.25) is 4.98 Å². The summed E-state index contributed by atoms with van der Waals surface area (Å²) in [6.45, 7) is 0.563. The zero-order valence-electron chi connectivity index (χ0n) is 9.45. The number of nitrogens with zero attached hydrogens (tertiary/aromatic N) is 1. The van der Waals surface area contributed by atoms with Crippen LogP contribution in [0.1, 0.15) is 36.4 Å². The molecule has 2 nitrogen and oxygen atoms in total. The highest BCUT2D eigenvalue weighted by molar-refractivity contribution is 6.31. The Bertz CT molecular complexity index is 390. The van der Waals surface area contributed by atoms with Crippen LogP contribution in [-0.2, 0) is 11.3 Å². The lowest BCUT2D eigenvalue weighted by Gasteiger charge is -2.17. The van der Waals surface area contributed by atoms with E-state index < -0.39 is 0 Å². The highest BCUT2D eigenvalue weighted by Crippen LogP contribution is 2.31. The molecule has 0 radical (unpaired) electrons. The average Bonchev–Trinajstić information content (AvgIpc) is 2.31. The van der Waals surface area contributed by atoms with Gasteiger partial charge in [-0.2, -0.15) is 0 Å². The second-order valence-electron chi connectivity index (χ2n) is 4.11. The molecule has 0 bridgehead atoms. The number of halogens is 1. The van der Waals surface area contributed by atoms with Crippen LogP contribution in [0.15, 0.2) is 24.4 Å². The van der Waals surface area contributed by atoms with Crippen molar-refractivity contribution in [3.63, 3.8) is 0 Å². The molecule has 0 aromatic carbocycles. The van der Waals surface area contributed by atoms with E-state index in [1.165, 1.54) is 12.8 Å². The maximum atomic E-state index is 6.25. The lowest BCUT2D eigenvalue weighted by atomic mass is 9.92. The minimum absolute atomic E-state index is 0.387. The first kappa shape index (κ1) is 11.6. The van der Waals surface area contributed by atoms with Crippen LogP contribution in [0.25, 0.3) is 0 Å². The normalized spacial score (nSPS) is 20.0. The van der Waals surface area contributed by atoms with Crippen LogP contribution < -0.4 is 0 Å². The first-order valence-corrected chi connectivity index (χ1v) is 5.99. The molecule has 0 saturated heterocycles. The third-order valence-electron chi connectivity index (χ3n) is 2.84. The first-order chi connectivity index (χ1) is 7.81. The molecule has 1 aliphatic rings. The summed E-state index contributed by atoms with van der Waals surface area (Å²) in [6, 6.07) is 1.95. The Morgan fingerprint density at radius 3 is 3.06 bits per heavy atom. The number of aromatic nitrogens is 1. The summed E-state index contributed by atoms with van der Waals surface area (Å²) in [7, 11) is 1.67. The fourth-order valence-electron chi connectivity index (χ4n) is 2.05. The Kier molecular flexibility index (Phi) is 3.97. The second kappa shape index (κ2) is 5.46. The summed E-state index contributed by atoms with van der Waals surface area (Å²) in [5.41, 5.74) is 2.02. The van der Waals surface area contributed by atoms with Gasteiger partial charge in [0.1, 0.15) is 0 Å². The number of hydrogen-bond acceptors (Lipinski definition) is 2. The number of pyridine rings is 1. The predicted molar refractivity (Wildman–Crippen MR) is 65.7 cm³/mol. The molecule has 0 saturated carbocycles. The van der Waals surface area contributed by atoms with Crippen molar-refractivity contribution in [1.82, 2.24) is 4.98 Å². The highest BCUT2D eigenvalue weighted by Gasteiger charge is 2.15. The lowest BCUT2D eigenvalue weighted by molar-refractivity contribution is 0.184. The van der Waals surface area contributed by atoms with Crippen molar-refractivity contribution in [1.29, 1.82) is 0 Å². The first-order valence-electron chi connectivity index (χ1n) is 5.61. The second-order valence-corrected chi connectivity index (χ2v) is 4.52. The van der Waals surface area contributed by atoms with Crippen LogP contribution in [0.3, 0.4) is 0 Å². The van der Waals surface area contributed by atoms with Crippen LogP contribution >= 0.6 is 11.6 Å². The maximum Gasteiger partial charge on any atom is 0.0728 e. The molecule has 1 aromatic heterocycles. The number of allylic oxidation sites excluding steroid dienone is 2. The molecule has 1 atom stereocenters. The number of methoxy groups -OCH3 is 1. The Labute approximate surface area is 101 Å². The molecule has 0 N–H and O–H groups in total. The van der Waals surface area contributed by atoms with Gasteiger partial charge >= 0.3 is 0 Å². The van der Waals surface area contributed by atoms with Gasteiger partial charge in [-0.1, -0.05) is 23.8 Å². The number of rotatable bonds is 3. The molecule has 1 aliphatic carbocycles. The van der Waals surface area contributed by atoms with Crippen LogP contribution in [0.5, 0.6) is 0 Å². The van der Waals surface area contributed by atoms with E-state index >= 15 is 0 Å². The maximum absolute atomic E-state index is 6.25. The average molecular weight is 238 g/mol. The van der Waals surface area contributed by atoms with Crippen LogP contribution in [0, 0.1) is 0 Å². The highest BCUT2D eigenvalue weighted by atomic mass is 35.5. The van der Waals surface area contributed by atoms with Crippen molar-refractivity contribution >= 4 is 11.6 Å². The van der Waals surface area contributed by atoms with Crippen molar-refractivity contribution in [2.75, 3.05) is 7.11 Å². The van der Waals surface area contributed by atoms with Crippen molar-refractivity contribution in [2.45, 2.75) is 31.8 Å². The fourth-order valence-corrected chi connectivity index (χ4v) is 2.38. The van der Waals surface area contributed by atoms with Gasteiger partial charge in [0.15, 0.2) is 0 Å². The largest absolute Gasteiger partial charge is 0.380 e. The van der Waals surface area contributed by atoms with Gasteiger partial charge < -0.3 is 4.74 Å². The van der Waals surface area contributed by atoms with E-state index in [2.05, 4.69) is 17.1 Å². The summed E-state index contributed by atoms with van der Waals surface area (Å²) in [6.07, 6.45) is 9.83. The van der Waals surface area contributed by atoms with Gasteiger partial charge in [0.05, 0.1) is 17.3 Å². The predicted octanol–water partition coefficient (Wildman–Crippen LogP) is 3.71. The summed E-state index contributed by atoms with van der Waals surface area (Å²) in [5, 5.41) is 0.756. The zero-order valence-corrected chi connectivity index (χ0v) is 10.2. The molecule has 0 amide bonds. The van der Waals surface area contributed by atoms with Gasteiger partial charge in [-0.05, 0) is 30.9 Å². The Morgan fingerprint density at radius 2 is 2.44 bits per heavy atom. The van der Waals surface area contributed by atoms with Gasteiger partial charge in [0, 0.05) is 19.2 Å². The molecule has 1 heterocycles. The summed E-state index contributed by atoms with van der Waals surface area (Å²) >= 11 is 6.25. The third kappa shape index (κ3) is 2.63. The van der Waals surface area contributed by atoms with Crippen molar-refractivity contribution < 1.29 is 4.74 Å². The summed E-state index contributed by atoms with van der Waals surface area (Å²) in [4.78, 5) is 4.46. The minimum atomic E-state index is 0.387. The quantitative estimate of drug-likeness (QED) is 0.748. The van der Waals surface area contributed by atoms with Crippen LogP contribution in [-0.4, -0.2) is 12.1 Å². The smallest absolute Gasteiger partial charge is 0.0728 e. The monoisotopic (exact) mass is 237 g/mol. The molecule has 1 aromatic rings. The lowest BCUT2D eigenvalue weighted by Crippen LogP contribution is -2.03. The molecule has 1 unspecified atom stereocenters. The van der Waals surface area contributed by atoms with E-state index in [4.69, 9.17) is 16.3 Å². The Hall–Kier alpha value is -0.860. The number of ether oxygens (including phenoxy) is 1. The van der Waals surface area contributed by atoms with Gasteiger partial charge in [0.2, 0.25) is 0 Å². The van der Waals surface area contributed by atoms with E-state index in [9.17, 15) is 0 Å². The molecule has 16 heavy (non-hydrogen) atoms. The van der Waals surface area contributed by atoms with Crippen LogP contribution in [0.2, 0.25) is 5.02 Å². The third-order valence-corrected chi connectivity index (χ3v) is 3.15. The minimum Gasteiger partial charge on any atom is -0.380 e. The molecule has 0 aliphatic heterocycles. The zero-order chi connectivity index (χ0) is 11.4. The SMILES string of the molecule is COCc1cnc(C2C=CCCC2)c(Cl)c1. The van der Waals surface area contributed by atoms with Gasteiger partial charge in [0.25, 0.3) is 0 Å². The van der Waals surface area contributed by atoms with E-state index in [-0.39, 0.29) is 0 Å². The van der Waals surface area contributed by atoms with Crippen molar-refractivity contribution in [3.05, 3.63) is 40.7 Å². The molecular weight excluding hydrogens is 222 g/mol. The fraction of sp³-hybridized carbons (Fsp3) is 0.462. The summed E-state index contributed by atoms with van der Waals surface area (Å²) < 4.78 is 5.06. The van der Waals surface area contributed by atoms with Gasteiger partial charge in [-0.25, -0.2) is 0 Å². The van der Waals surface area contributed by atoms with Crippen molar-refractivity contribution in [2.24, 2.45) is 0 Å². The standard InChI is InChI=1S/C13H16ClNO/c1-16-9-10-7-12(14)13(15-8-10)11-5-3-2-4-6-11/h3,5,7-8,11H,2,4,6,9H2,1H3. The van der Waals surface area contributed by atoms with Gasteiger partial charge in [-0.15, -0.1) is 0 Å². The van der Waals surface area contributed by atoms with E-state index in [1.807, 2.05) is 12.3 Å². The molecule has 0 fully saturated rings. The van der Waals surface area contributed by atoms with E-state index in [0.717, 1.165) is 22.7 Å². The Balaban J connectivity index is 2.21. The molecule has 3 heteroatoms. The van der Waals surface area contributed by atoms with E-state index in [1.54, 1.807) is 7.11 Å². The van der Waals surface area contributed by atoms with Crippen LogP contribution in [0.4, 0.5) is 0 Å².